The van der Waals surface area contributed by atoms with Crippen LogP contribution in [0.2, 0.25) is 0 Å². The summed E-state index contributed by atoms with van der Waals surface area (Å²) in [6.07, 6.45) is -0.122. The largest absolute Gasteiger partial charge is 0.480 e. The monoisotopic (exact) mass is 529 g/mol. The van der Waals surface area contributed by atoms with Crippen molar-refractivity contribution in [1.82, 2.24) is 21.3 Å². The summed E-state index contributed by atoms with van der Waals surface area (Å²) in [5.41, 5.74) is 1.05. The summed E-state index contributed by atoms with van der Waals surface area (Å²) in [5, 5.41) is 23.7. The van der Waals surface area contributed by atoms with E-state index < -0.39 is 60.7 Å². The Morgan fingerprint density at radius 1 is 0.865 bits per heavy atom. The van der Waals surface area contributed by atoms with Crippen LogP contribution in [-0.4, -0.2) is 65.8 Å². The topological polar surface area (TPSA) is 183 Å². The van der Waals surface area contributed by atoms with Gasteiger partial charge in [-0.05, 0) is 29.1 Å². The summed E-state index contributed by atoms with van der Waals surface area (Å²) < 4.78 is 0. The molecule has 3 heterocycles. The van der Waals surface area contributed by atoms with Gasteiger partial charge in [-0.25, -0.2) is 4.79 Å². The number of carbonyl (C=O) groups excluding carboxylic acids is 5. The van der Waals surface area contributed by atoms with Gasteiger partial charge in [0.25, 0.3) is 0 Å². The molecule has 2 atom stereocenters. The van der Waals surface area contributed by atoms with E-state index in [0.717, 1.165) is 4.88 Å². The van der Waals surface area contributed by atoms with E-state index in [-0.39, 0.29) is 25.7 Å². The Balaban J connectivity index is 1.74. The standard InChI is InChI=1S/C24H27N5O7S/c30-19-7-8-20(31)28-17(11-16-2-1-9-37-16)23(34)26-12-21(32)25-13-22(33)29-18(24(35)36)10-14-3-5-15(27-19)6-4-14/h1-6,9,17-18H,7-8,10-13H2,(H,25,32)(H,26,34)(H,27,30)(H,28,31)(H,29,33)(H,35,36)/t17-,18+/m1/s1. The quantitative estimate of drug-likeness (QED) is 0.291. The summed E-state index contributed by atoms with van der Waals surface area (Å²) in [7, 11) is 0. The van der Waals surface area contributed by atoms with Crippen LogP contribution in [0.15, 0.2) is 41.8 Å². The molecule has 0 radical (unpaired) electrons. The van der Waals surface area contributed by atoms with Gasteiger partial charge in [0.05, 0.1) is 13.1 Å². The molecule has 13 heteroatoms. The Morgan fingerprint density at radius 2 is 1.57 bits per heavy atom. The van der Waals surface area contributed by atoms with Crippen molar-refractivity contribution in [3.8, 4) is 0 Å². The fourth-order valence-corrected chi connectivity index (χ4v) is 4.25. The minimum Gasteiger partial charge on any atom is -0.480 e. The number of hydrogen-bond acceptors (Lipinski definition) is 7. The maximum absolute atomic E-state index is 12.7. The molecular formula is C24H27N5O7S. The lowest BCUT2D eigenvalue weighted by Gasteiger charge is -2.18. The SMILES string of the molecule is O=C1CNC(=O)[C@@H](Cc2cccs2)NC(=O)CCC(=O)Nc2ccc(cc2)C[C@@H](C(=O)O)NC(=O)CN1. The van der Waals surface area contributed by atoms with Crippen molar-refractivity contribution in [2.24, 2.45) is 0 Å². The van der Waals surface area contributed by atoms with Gasteiger partial charge in [0.2, 0.25) is 29.5 Å². The number of nitrogens with one attached hydrogen (secondary N) is 5. The highest BCUT2D eigenvalue weighted by Crippen LogP contribution is 2.13. The molecule has 0 aliphatic carbocycles. The predicted molar refractivity (Wildman–Crippen MR) is 134 cm³/mol. The highest BCUT2D eigenvalue weighted by molar-refractivity contribution is 7.09. The first-order chi connectivity index (χ1) is 17.7. The Bertz CT molecular complexity index is 1150. The number of rotatable bonds is 3. The van der Waals surface area contributed by atoms with Gasteiger partial charge >= 0.3 is 5.97 Å². The Labute approximate surface area is 216 Å². The molecule has 0 saturated heterocycles. The first-order valence-electron chi connectivity index (χ1n) is 11.5. The second-order valence-corrected chi connectivity index (χ2v) is 9.34. The molecule has 2 bridgehead atoms. The number of thiophene rings is 1. The number of carbonyl (C=O) groups is 6. The van der Waals surface area contributed by atoms with E-state index in [1.54, 1.807) is 36.4 Å². The third-order valence-electron chi connectivity index (χ3n) is 5.40. The summed E-state index contributed by atoms with van der Waals surface area (Å²) in [5.74, 6) is -4.17. The number of carboxylic acid groups (broad SMARTS) is 1. The number of hydrogen-bond donors (Lipinski definition) is 6. The normalized spacial score (nSPS) is 20.5. The van der Waals surface area contributed by atoms with E-state index in [1.165, 1.54) is 11.3 Å². The highest BCUT2D eigenvalue weighted by Gasteiger charge is 2.24. The highest BCUT2D eigenvalue weighted by atomic mass is 32.1. The van der Waals surface area contributed by atoms with Gasteiger partial charge in [-0.2, -0.15) is 0 Å². The van der Waals surface area contributed by atoms with Crippen molar-refractivity contribution in [2.45, 2.75) is 37.8 Å². The Hall–Kier alpha value is -4.26. The fourth-order valence-electron chi connectivity index (χ4n) is 3.49. The van der Waals surface area contributed by atoms with Gasteiger partial charge in [0.15, 0.2) is 0 Å². The number of anilines is 1. The van der Waals surface area contributed by atoms with Crippen LogP contribution in [0.1, 0.15) is 23.3 Å². The second kappa shape index (κ2) is 13.2. The van der Waals surface area contributed by atoms with Crippen LogP contribution in [0, 0.1) is 0 Å². The van der Waals surface area contributed by atoms with Crippen molar-refractivity contribution >= 4 is 52.5 Å². The zero-order valence-corrected chi connectivity index (χ0v) is 20.6. The summed E-state index contributed by atoms with van der Waals surface area (Å²) >= 11 is 1.40. The molecule has 0 unspecified atom stereocenters. The van der Waals surface area contributed by atoms with E-state index in [9.17, 15) is 33.9 Å². The number of amides is 5. The first-order valence-corrected chi connectivity index (χ1v) is 12.3. The minimum absolute atomic E-state index is 0.0227. The van der Waals surface area contributed by atoms with E-state index in [0.29, 0.717) is 11.3 Å². The smallest absolute Gasteiger partial charge is 0.326 e. The van der Waals surface area contributed by atoms with Crippen LogP contribution in [0.4, 0.5) is 5.69 Å². The van der Waals surface area contributed by atoms with E-state index >= 15 is 0 Å². The van der Waals surface area contributed by atoms with Gasteiger partial charge < -0.3 is 31.7 Å². The van der Waals surface area contributed by atoms with E-state index in [2.05, 4.69) is 26.6 Å². The van der Waals surface area contributed by atoms with Gasteiger partial charge in [-0.3, -0.25) is 24.0 Å². The third kappa shape index (κ3) is 9.04. The number of carboxylic acids is 1. The van der Waals surface area contributed by atoms with Crippen molar-refractivity contribution in [1.29, 1.82) is 0 Å². The summed E-state index contributed by atoms with van der Waals surface area (Å²) in [4.78, 5) is 74.4. The molecule has 2 aliphatic rings. The molecule has 12 nitrogen and oxygen atoms in total. The molecular weight excluding hydrogens is 502 g/mol. The van der Waals surface area contributed by atoms with Crippen molar-refractivity contribution in [2.75, 3.05) is 18.4 Å². The molecule has 2 aliphatic heterocycles. The van der Waals surface area contributed by atoms with Crippen molar-refractivity contribution in [3.63, 3.8) is 0 Å². The molecule has 1 aromatic heterocycles. The summed E-state index contributed by atoms with van der Waals surface area (Å²) in [6, 6.07) is 7.77. The van der Waals surface area contributed by atoms with E-state index in [1.807, 2.05) is 5.38 Å². The number of fused-ring (bicyclic) bond motifs is 18. The van der Waals surface area contributed by atoms with Crippen LogP contribution < -0.4 is 26.6 Å². The van der Waals surface area contributed by atoms with Gasteiger partial charge in [-0.1, -0.05) is 18.2 Å². The lowest BCUT2D eigenvalue weighted by Crippen LogP contribution is -2.51. The van der Waals surface area contributed by atoms with Crippen molar-refractivity contribution in [3.05, 3.63) is 52.2 Å². The van der Waals surface area contributed by atoms with Crippen LogP contribution in [-0.2, 0) is 41.6 Å². The van der Waals surface area contributed by atoms with Crippen LogP contribution >= 0.6 is 11.3 Å². The predicted octanol–water partition coefficient (Wildman–Crippen LogP) is -0.448. The minimum atomic E-state index is -1.25. The van der Waals surface area contributed by atoms with Gasteiger partial charge in [0, 0.05) is 36.2 Å². The maximum Gasteiger partial charge on any atom is 0.326 e. The van der Waals surface area contributed by atoms with Crippen molar-refractivity contribution < 1.29 is 33.9 Å². The van der Waals surface area contributed by atoms with Gasteiger partial charge in [-0.15, -0.1) is 11.3 Å². The molecule has 6 N–H and O–H groups in total. The Kier molecular flexibility index (Phi) is 9.72. The zero-order chi connectivity index (χ0) is 26.8. The molecule has 0 saturated carbocycles. The maximum atomic E-state index is 12.7. The molecule has 4 rings (SSSR count). The molecule has 0 spiro atoms. The molecule has 0 fully saturated rings. The van der Waals surface area contributed by atoms with Crippen LogP contribution in [0.25, 0.3) is 0 Å². The zero-order valence-electron chi connectivity index (χ0n) is 19.7. The number of benzene rings is 1. The third-order valence-corrected chi connectivity index (χ3v) is 6.30. The second-order valence-electron chi connectivity index (χ2n) is 8.31. The fraction of sp³-hybridized carbons (Fsp3) is 0.333. The molecule has 37 heavy (non-hydrogen) atoms. The Morgan fingerprint density at radius 3 is 2.24 bits per heavy atom. The van der Waals surface area contributed by atoms with E-state index in [4.69, 9.17) is 0 Å². The number of aliphatic carboxylic acids is 1. The first kappa shape index (κ1) is 27.3. The van der Waals surface area contributed by atoms with Gasteiger partial charge in [0.1, 0.15) is 12.1 Å². The molecule has 2 aromatic rings. The lowest BCUT2D eigenvalue weighted by atomic mass is 10.1. The molecule has 196 valence electrons. The van der Waals surface area contributed by atoms with Crippen LogP contribution in [0.3, 0.4) is 0 Å². The summed E-state index contributed by atoms with van der Waals surface area (Å²) in [6.45, 7) is -0.946. The molecule has 1 aromatic carbocycles. The van der Waals surface area contributed by atoms with Crippen LogP contribution in [0.5, 0.6) is 0 Å². The average Bonchev–Trinajstić information content (AvgIpc) is 3.37. The average molecular weight is 530 g/mol. The lowest BCUT2D eigenvalue weighted by molar-refractivity contribution is -0.141. The molecule has 5 amide bonds.